The molecule has 0 aliphatic carbocycles. The van der Waals surface area contributed by atoms with Gasteiger partial charge in [0, 0.05) is 6.42 Å². The Morgan fingerprint density at radius 2 is 2.44 bits per heavy atom. The molecule has 0 spiro atoms. The van der Waals surface area contributed by atoms with Crippen molar-refractivity contribution in [2.24, 2.45) is 7.05 Å². The Morgan fingerprint density at radius 1 is 1.56 bits per heavy atom. The average molecular weight is 222 g/mol. The first-order chi connectivity index (χ1) is 7.79. The van der Waals surface area contributed by atoms with Gasteiger partial charge in [-0.25, -0.2) is 4.98 Å². The van der Waals surface area contributed by atoms with Crippen molar-refractivity contribution in [1.29, 1.82) is 0 Å². The zero-order valence-corrected chi connectivity index (χ0v) is 9.25. The van der Waals surface area contributed by atoms with Crippen molar-refractivity contribution >= 4 is 0 Å². The minimum atomic E-state index is 0.0386. The Bertz CT molecular complexity index is 419. The number of aromatic amines is 1. The highest BCUT2D eigenvalue weighted by atomic mass is 15.6. The molecule has 8 heteroatoms. The lowest BCUT2D eigenvalue weighted by Crippen LogP contribution is -2.24. The molecule has 2 N–H and O–H groups in total. The first kappa shape index (κ1) is 10.7. The Morgan fingerprint density at radius 3 is 3.00 bits per heavy atom. The summed E-state index contributed by atoms with van der Waals surface area (Å²) in [5.41, 5.74) is 0. The second kappa shape index (κ2) is 4.79. The van der Waals surface area contributed by atoms with Gasteiger partial charge >= 0.3 is 0 Å². The maximum atomic E-state index is 4.13. The molecule has 2 aromatic rings. The topological polar surface area (TPSA) is 97.2 Å². The third-order valence-electron chi connectivity index (χ3n) is 2.15. The summed E-state index contributed by atoms with van der Waals surface area (Å²) in [5.74, 6) is 1.47. The van der Waals surface area contributed by atoms with Gasteiger partial charge in [0.25, 0.3) is 0 Å². The van der Waals surface area contributed by atoms with Crippen molar-refractivity contribution in [2.45, 2.75) is 19.4 Å². The van der Waals surface area contributed by atoms with Crippen LogP contribution in [-0.2, 0) is 13.5 Å². The highest BCUT2D eigenvalue weighted by molar-refractivity contribution is 4.96. The third kappa shape index (κ3) is 2.40. The third-order valence-corrected chi connectivity index (χ3v) is 2.15. The van der Waals surface area contributed by atoms with E-state index < -0.39 is 0 Å². The van der Waals surface area contributed by atoms with E-state index in [9.17, 15) is 0 Å². The second-order valence-corrected chi connectivity index (χ2v) is 3.38. The van der Waals surface area contributed by atoms with E-state index in [1.807, 2.05) is 6.92 Å². The fourth-order valence-electron chi connectivity index (χ4n) is 1.48. The average Bonchev–Trinajstić information content (AvgIpc) is 2.88. The van der Waals surface area contributed by atoms with Gasteiger partial charge in [0.15, 0.2) is 5.82 Å². The summed E-state index contributed by atoms with van der Waals surface area (Å²) < 4.78 is 0. The van der Waals surface area contributed by atoms with E-state index in [2.05, 4.69) is 35.9 Å². The quantitative estimate of drug-likeness (QED) is 0.689. The molecule has 0 aliphatic rings. The minimum Gasteiger partial charge on any atom is -0.307 e. The van der Waals surface area contributed by atoms with Crippen LogP contribution in [0.5, 0.6) is 0 Å². The second-order valence-electron chi connectivity index (χ2n) is 3.38. The van der Waals surface area contributed by atoms with Gasteiger partial charge in [-0.2, -0.15) is 9.90 Å². The Labute approximate surface area is 92.5 Å². The summed E-state index contributed by atoms with van der Waals surface area (Å²) in [5, 5.41) is 21.8. The van der Waals surface area contributed by atoms with Crippen molar-refractivity contribution in [3.05, 3.63) is 18.0 Å². The fourth-order valence-corrected chi connectivity index (χ4v) is 1.48. The molecular weight excluding hydrogens is 208 g/mol. The van der Waals surface area contributed by atoms with Gasteiger partial charge in [0.1, 0.15) is 12.2 Å². The number of hydrogen-bond donors (Lipinski definition) is 2. The fraction of sp³-hybridized carbons (Fsp3) is 0.625. The van der Waals surface area contributed by atoms with E-state index in [4.69, 9.17) is 0 Å². The number of likely N-dealkylation sites (N-methyl/N-ethyl adjacent to an activating group) is 1. The highest BCUT2D eigenvalue weighted by Gasteiger charge is 2.16. The molecule has 86 valence electrons. The Hall–Kier alpha value is -1.83. The van der Waals surface area contributed by atoms with Crippen LogP contribution in [0.25, 0.3) is 0 Å². The van der Waals surface area contributed by atoms with Gasteiger partial charge in [-0.15, -0.1) is 10.2 Å². The number of H-pyrrole nitrogens is 1. The summed E-state index contributed by atoms with van der Waals surface area (Å²) in [7, 11) is 1.74. The number of nitrogens with zero attached hydrogens (tertiary/aromatic N) is 6. The summed E-state index contributed by atoms with van der Waals surface area (Å²) in [6.07, 6.45) is 2.13. The van der Waals surface area contributed by atoms with Crippen LogP contribution in [-0.4, -0.2) is 41.9 Å². The lowest BCUT2D eigenvalue weighted by molar-refractivity contribution is 0.510. The van der Waals surface area contributed by atoms with Gasteiger partial charge in [0.2, 0.25) is 0 Å². The van der Waals surface area contributed by atoms with Crippen LogP contribution in [0.4, 0.5) is 0 Å². The maximum absolute atomic E-state index is 4.13. The van der Waals surface area contributed by atoms with E-state index in [0.717, 1.165) is 12.4 Å². The smallest absolute Gasteiger partial charge is 0.176 e. The molecule has 16 heavy (non-hydrogen) atoms. The SMILES string of the molecule is CCNC(Cc1nnn(C)n1)c1ncn[nH]1. The molecule has 2 heterocycles. The predicted octanol–water partition coefficient (Wildman–Crippen LogP) is -0.778. The van der Waals surface area contributed by atoms with Crippen molar-refractivity contribution < 1.29 is 0 Å². The van der Waals surface area contributed by atoms with E-state index in [-0.39, 0.29) is 6.04 Å². The van der Waals surface area contributed by atoms with Crippen molar-refractivity contribution in [2.75, 3.05) is 6.54 Å². The zero-order chi connectivity index (χ0) is 11.4. The normalized spacial score (nSPS) is 12.9. The standard InChI is InChI=1S/C8H14N8/c1-3-9-6(8-10-5-11-13-8)4-7-12-15-16(2)14-7/h5-6,9H,3-4H2,1-2H3,(H,10,11,13). The van der Waals surface area contributed by atoms with Crippen molar-refractivity contribution in [1.82, 2.24) is 40.7 Å². The lowest BCUT2D eigenvalue weighted by Gasteiger charge is -2.12. The van der Waals surface area contributed by atoms with E-state index in [1.54, 1.807) is 7.05 Å². The summed E-state index contributed by atoms with van der Waals surface area (Å²) in [4.78, 5) is 5.57. The lowest BCUT2D eigenvalue weighted by atomic mass is 10.2. The molecule has 0 aromatic carbocycles. The van der Waals surface area contributed by atoms with Crippen LogP contribution in [0.15, 0.2) is 6.33 Å². The van der Waals surface area contributed by atoms with Gasteiger partial charge in [-0.1, -0.05) is 6.92 Å². The molecule has 0 saturated carbocycles. The van der Waals surface area contributed by atoms with Crippen molar-refractivity contribution in [3.63, 3.8) is 0 Å². The number of aromatic nitrogens is 7. The number of aryl methyl sites for hydroxylation is 1. The summed E-state index contributed by atoms with van der Waals surface area (Å²) >= 11 is 0. The number of rotatable bonds is 5. The molecule has 0 fully saturated rings. The van der Waals surface area contributed by atoms with E-state index in [1.165, 1.54) is 11.1 Å². The molecule has 1 unspecified atom stereocenters. The highest BCUT2D eigenvalue weighted by Crippen LogP contribution is 2.10. The molecule has 0 saturated heterocycles. The summed E-state index contributed by atoms with van der Waals surface area (Å²) in [6.45, 7) is 2.87. The van der Waals surface area contributed by atoms with Crippen LogP contribution in [0.2, 0.25) is 0 Å². The molecule has 8 nitrogen and oxygen atoms in total. The number of hydrogen-bond acceptors (Lipinski definition) is 6. The van der Waals surface area contributed by atoms with Gasteiger partial charge in [-0.3, -0.25) is 5.10 Å². The molecule has 0 bridgehead atoms. The van der Waals surface area contributed by atoms with Crippen LogP contribution < -0.4 is 5.32 Å². The van der Waals surface area contributed by atoms with Gasteiger partial charge in [-0.05, 0) is 11.8 Å². The maximum Gasteiger partial charge on any atom is 0.176 e. The molecule has 0 radical (unpaired) electrons. The molecule has 2 rings (SSSR count). The summed E-state index contributed by atoms with van der Waals surface area (Å²) in [6, 6.07) is 0.0386. The number of tetrazole rings is 1. The molecule has 0 amide bonds. The van der Waals surface area contributed by atoms with Crippen LogP contribution in [0.1, 0.15) is 24.6 Å². The molecule has 1 atom stereocenters. The largest absolute Gasteiger partial charge is 0.307 e. The van der Waals surface area contributed by atoms with Crippen LogP contribution >= 0.6 is 0 Å². The van der Waals surface area contributed by atoms with Gasteiger partial charge < -0.3 is 5.32 Å². The molecule has 0 aliphatic heterocycles. The van der Waals surface area contributed by atoms with Crippen LogP contribution in [0, 0.1) is 0 Å². The molecular formula is C8H14N8. The Kier molecular flexibility index (Phi) is 3.20. The first-order valence-electron chi connectivity index (χ1n) is 5.11. The monoisotopic (exact) mass is 222 g/mol. The zero-order valence-electron chi connectivity index (χ0n) is 9.25. The first-order valence-corrected chi connectivity index (χ1v) is 5.11. The predicted molar refractivity (Wildman–Crippen MR) is 55.3 cm³/mol. The van der Waals surface area contributed by atoms with E-state index >= 15 is 0 Å². The minimum absolute atomic E-state index is 0.0386. The van der Waals surface area contributed by atoms with Crippen molar-refractivity contribution in [3.8, 4) is 0 Å². The van der Waals surface area contributed by atoms with E-state index in [0.29, 0.717) is 12.2 Å². The van der Waals surface area contributed by atoms with Gasteiger partial charge in [0.05, 0.1) is 13.1 Å². The molecule has 2 aromatic heterocycles. The van der Waals surface area contributed by atoms with Crippen LogP contribution in [0.3, 0.4) is 0 Å². The number of nitrogens with one attached hydrogen (secondary N) is 2. The Balaban J connectivity index is 2.09.